The summed E-state index contributed by atoms with van der Waals surface area (Å²) in [5.74, 6) is 0. The monoisotopic (exact) mass is 257 g/mol. The first-order valence-electron chi connectivity index (χ1n) is 7.70. The van der Waals surface area contributed by atoms with Crippen LogP contribution >= 0.6 is 0 Å². The predicted octanol–water partition coefficient (Wildman–Crippen LogP) is 4.24. The molecule has 0 atom stereocenters. The molecule has 104 valence electrons. The van der Waals surface area contributed by atoms with Crippen molar-refractivity contribution in [3.05, 3.63) is 34.9 Å². The number of hydrogen-bond acceptors (Lipinski definition) is 1. The smallest absolute Gasteiger partial charge is 0.0239 e. The van der Waals surface area contributed by atoms with Crippen molar-refractivity contribution in [3.63, 3.8) is 0 Å². The molecular weight excluding hydrogens is 230 g/mol. The number of fused-ring (bicyclic) bond motifs is 2. The fourth-order valence-corrected chi connectivity index (χ4v) is 3.40. The standard InChI is InChI=1S/C18H27N/c1-13(2)19-11-14-10-15(17(3,4)5)6-7-16(14)18(12-19)8-9-18/h6-7,10,13H,8-9,11-12H2,1-5H3. The molecule has 1 fully saturated rings. The lowest BCUT2D eigenvalue weighted by Crippen LogP contribution is -2.41. The number of nitrogens with zero attached hydrogens (tertiary/aromatic N) is 1. The van der Waals surface area contributed by atoms with Crippen LogP contribution in [0, 0.1) is 0 Å². The predicted molar refractivity (Wildman–Crippen MR) is 81.6 cm³/mol. The molecule has 0 unspecified atom stereocenters. The van der Waals surface area contributed by atoms with Crippen molar-refractivity contribution < 1.29 is 0 Å². The van der Waals surface area contributed by atoms with Crippen LogP contribution in [0.5, 0.6) is 0 Å². The average molecular weight is 257 g/mol. The summed E-state index contributed by atoms with van der Waals surface area (Å²) in [6.07, 6.45) is 2.77. The number of rotatable bonds is 1. The molecule has 0 saturated heterocycles. The zero-order valence-electron chi connectivity index (χ0n) is 13.1. The minimum absolute atomic E-state index is 0.256. The molecule has 1 aliphatic carbocycles. The maximum absolute atomic E-state index is 2.65. The van der Waals surface area contributed by atoms with Gasteiger partial charge in [0, 0.05) is 24.5 Å². The van der Waals surface area contributed by atoms with Gasteiger partial charge in [-0.3, -0.25) is 4.90 Å². The van der Waals surface area contributed by atoms with Gasteiger partial charge in [0.15, 0.2) is 0 Å². The quantitative estimate of drug-likeness (QED) is 0.727. The maximum Gasteiger partial charge on any atom is 0.0239 e. The molecule has 1 aliphatic heterocycles. The normalized spacial score (nSPS) is 21.8. The van der Waals surface area contributed by atoms with E-state index in [0.717, 1.165) is 6.54 Å². The molecule has 0 amide bonds. The van der Waals surface area contributed by atoms with Crippen molar-refractivity contribution in [1.82, 2.24) is 4.90 Å². The third-order valence-electron chi connectivity index (χ3n) is 5.01. The Hall–Kier alpha value is -0.820. The summed E-state index contributed by atoms with van der Waals surface area (Å²) in [5, 5.41) is 0. The van der Waals surface area contributed by atoms with Crippen LogP contribution in [-0.4, -0.2) is 17.5 Å². The van der Waals surface area contributed by atoms with Crippen LogP contribution in [0.15, 0.2) is 18.2 Å². The van der Waals surface area contributed by atoms with Gasteiger partial charge in [0.1, 0.15) is 0 Å². The van der Waals surface area contributed by atoms with Gasteiger partial charge >= 0.3 is 0 Å². The van der Waals surface area contributed by atoms with Crippen molar-refractivity contribution in [2.75, 3.05) is 6.54 Å². The molecule has 0 radical (unpaired) electrons. The summed E-state index contributed by atoms with van der Waals surface area (Å²) in [4.78, 5) is 2.65. The Morgan fingerprint density at radius 1 is 1.16 bits per heavy atom. The van der Waals surface area contributed by atoms with Gasteiger partial charge in [-0.1, -0.05) is 39.0 Å². The Labute approximate surface area is 118 Å². The Morgan fingerprint density at radius 2 is 1.84 bits per heavy atom. The van der Waals surface area contributed by atoms with Crippen LogP contribution in [0.3, 0.4) is 0 Å². The molecule has 1 heteroatoms. The van der Waals surface area contributed by atoms with Crippen LogP contribution in [0.2, 0.25) is 0 Å². The van der Waals surface area contributed by atoms with Crippen LogP contribution in [-0.2, 0) is 17.4 Å². The minimum atomic E-state index is 0.256. The highest BCUT2D eigenvalue weighted by Crippen LogP contribution is 2.53. The molecule has 1 saturated carbocycles. The van der Waals surface area contributed by atoms with Gasteiger partial charge in [0.25, 0.3) is 0 Å². The highest BCUT2D eigenvalue weighted by Gasteiger charge is 2.49. The molecule has 1 aromatic rings. The Balaban J connectivity index is 2.02. The molecule has 2 aliphatic rings. The third-order valence-corrected chi connectivity index (χ3v) is 5.01. The summed E-state index contributed by atoms with van der Waals surface area (Å²) < 4.78 is 0. The van der Waals surface area contributed by atoms with E-state index in [1.807, 2.05) is 0 Å². The zero-order chi connectivity index (χ0) is 13.8. The second-order valence-electron chi connectivity index (χ2n) is 7.90. The fraction of sp³-hybridized carbons (Fsp3) is 0.667. The van der Waals surface area contributed by atoms with Crippen LogP contribution in [0.25, 0.3) is 0 Å². The Kier molecular flexibility index (Phi) is 2.83. The lowest BCUT2D eigenvalue weighted by atomic mass is 9.80. The Morgan fingerprint density at radius 3 is 2.37 bits per heavy atom. The van der Waals surface area contributed by atoms with E-state index in [9.17, 15) is 0 Å². The lowest BCUT2D eigenvalue weighted by Gasteiger charge is -2.38. The van der Waals surface area contributed by atoms with Gasteiger partial charge in [-0.2, -0.15) is 0 Å². The summed E-state index contributed by atoms with van der Waals surface area (Å²) in [6, 6.07) is 7.93. The van der Waals surface area contributed by atoms with Gasteiger partial charge in [0.05, 0.1) is 0 Å². The molecule has 3 rings (SSSR count). The molecule has 0 N–H and O–H groups in total. The highest BCUT2D eigenvalue weighted by atomic mass is 15.2. The van der Waals surface area contributed by atoms with Crippen molar-refractivity contribution in [3.8, 4) is 0 Å². The maximum atomic E-state index is 2.65. The molecule has 0 bridgehead atoms. The SMILES string of the molecule is CC(C)N1Cc2cc(C(C)(C)C)ccc2C2(CC2)C1. The number of hydrogen-bond donors (Lipinski definition) is 0. The van der Waals surface area contributed by atoms with E-state index in [2.05, 4.69) is 57.7 Å². The molecule has 1 nitrogen and oxygen atoms in total. The van der Waals surface area contributed by atoms with Gasteiger partial charge in [-0.05, 0) is 48.8 Å². The zero-order valence-corrected chi connectivity index (χ0v) is 13.1. The minimum Gasteiger partial charge on any atom is -0.296 e. The van der Waals surface area contributed by atoms with E-state index in [0.29, 0.717) is 11.5 Å². The van der Waals surface area contributed by atoms with Gasteiger partial charge in [0.2, 0.25) is 0 Å². The second kappa shape index (κ2) is 4.09. The fourth-order valence-electron chi connectivity index (χ4n) is 3.40. The molecule has 19 heavy (non-hydrogen) atoms. The summed E-state index contributed by atoms with van der Waals surface area (Å²) in [7, 11) is 0. The van der Waals surface area contributed by atoms with Gasteiger partial charge in [-0.25, -0.2) is 0 Å². The lowest BCUT2D eigenvalue weighted by molar-refractivity contribution is 0.176. The summed E-state index contributed by atoms with van der Waals surface area (Å²) in [5.41, 5.74) is 5.48. The van der Waals surface area contributed by atoms with Crippen LogP contribution in [0.1, 0.15) is 64.2 Å². The first-order chi connectivity index (χ1) is 8.82. The molecule has 1 aromatic carbocycles. The molecule has 1 spiro atoms. The van der Waals surface area contributed by atoms with E-state index >= 15 is 0 Å². The van der Waals surface area contributed by atoms with E-state index in [1.54, 1.807) is 11.1 Å². The number of benzene rings is 1. The van der Waals surface area contributed by atoms with E-state index in [4.69, 9.17) is 0 Å². The van der Waals surface area contributed by atoms with E-state index in [-0.39, 0.29) is 5.41 Å². The summed E-state index contributed by atoms with van der Waals surface area (Å²) in [6.45, 7) is 14.0. The van der Waals surface area contributed by atoms with Crippen molar-refractivity contribution in [2.24, 2.45) is 0 Å². The largest absolute Gasteiger partial charge is 0.296 e. The molecule has 0 aromatic heterocycles. The van der Waals surface area contributed by atoms with Crippen LogP contribution in [0.4, 0.5) is 0 Å². The third kappa shape index (κ3) is 2.23. The second-order valence-corrected chi connectivity index (χ2v) is 7.90. The van der Waals surface area contributed by atoms with Gasteiger partial charge in [-0.15, -0.1) is 0 Å². The molecule has 1 heterocycles. The highest BCUT2D eigenvalue weighted by molar-refractivity contribution is 5.44. The van der Waals surface area contributed by atoms with E-state index in [1.165, 1.54) is 24.9 Å². The van der Waals surface area contributed by atoms with Gasteiger partial charge < -0.3 is 0 Å². The topological polar surface area (TPSA) is 3.24 Å². The Bertz CT molecular complexity index is 489. The summed E-state index contributed by atoms with van der Waals surface area (Å²) >= 11 is 0. The van der Waals surface area contributed by atoms with Crippen LogP contribution < -0.4 is 0 Å². The average Bonchev–Trinajstić information content (AvgIpc) is 3.07. The van der Waals surface area contributed by atoms with Crippen molar-refractivity contribution in [1.29, 1.82) is 0 Å². The first kappa shape index (κ1) is 13.2. The first-order valence-corrected chi connectivity index (χ1v) is 7.70. The van der Waals surface area contributed by atoms with Crippen molar-refractivity contribution in [2.45, 2.75) is 70.9 Å². The van der Waals surface area contributed by atoms with Crippen molar-refractivity contribution >= 4 is 0 Å². The molecular formula is C18H27N. The van der Waals surface area contributed by atoms with E-state index < -0.39 is 0 Å².